The second-order valence-electron chi connectivity index (χ2n) is 4.41. The zero-order valence-electron chi connectivity index (χ0n) is 11.0. The van der Waals surface area contributed by atoms with Gasteiger partial charge in [-0.2, -0.15) is 0 Å². The Morgan fingerprint density at radius 3 is 2.76 bits per heavy atom. The predicted octanol–water partition coefficient (Wildman–Crippen LogP) is 3.64. The summed E-state index contributed by atoms with van der Waals surface area (Å²) < 4.78 is 0. The molecule has 1 aliphatic rings. The molecular formula is C15H21NO. The third-order valence-corrected chi connectivity index (χ3v) is 2.90. The van der Waals surface area contributed by atoms with Crippen LogP contribution in [0.4, 0.5) is 0 Å². The molecule has 0 saturated carbocycles. The van der Waals surface area contributed by atoms with Crippen molar-refractivity contribution in [2.75, 3.05) is 0 Å². The van der Waals surface area contributed by atoms with E-state index in [9.17, 15) is 4.79 Å². The van der Waals surface area contributed by atoms with Gasteiger partial charge in [-0.1, -0.05) is 25.7 Å². The average Bonchev–Trinajstić information content (AvgIpc) is 2.64. The van der Waals surface area contributed by atoms with E-state index in [1.54, 1.807) is 13.0 Å². The highest BCUT2D eigenvalue weighted by atomic mass is 16.1. The van der Waals surface area contributed by atoms with E-state index < -0.39 is 0 Å². The van der Waals surface area contributed by atoms with Crippen molar-refractivity contribution in [3.05, 3.63) is 47.3 Å². The van der Waals surface area contributed by atoms with Crippen LogP contribution in [0.1, 0.15) is 40.0 Å². The Kier molecular flexibility index (Phi) is 4.95. The lowest BCUT2D eigenvalue weighted by Crippen LogP contribution is -2.09. The molecule has 1 rings (SSSR count). The maximum atomic E-state index is 11.2. The summed E-state index contributed by atoms with van der Waals surface area (Å²) in [6, 6.07) is 0. The molecule has 0 saturated heterocycles. The lowest BCUT2D eigenvalue weighted by Gasteiger charge is -2.09. The normalized spacial score (nSPS) is 18.5. The van der Waals surface area contributed by atoms with Gasteiger partial charge in [-0.15, -0.1) is 0 Å². The number of hydrogen-bond donors (Lipinski definition) is 1. The van der Waals surface area contributed by atoms with Crippen LogP contribution in [-0.4, -0.2) is 5.78 Å². The molecule has 1 N–H and O–H groups in total. The lowest BCUT2D eigenvalue weighted by molar-refractivity contribution is -0.116. The number of allylic oxidation sites excluding steroid dienone is 5. The summed E-state index contributed by atoms with van der Waals surface area (Å²) in [7, 11) is 0. The van der Waals surface area contributed by atoms with E-state index >= 15 is 0 Å². The SMILES string of the molecule is C=C/C=C\C1=C(C)C/C(=C(\CC)CC(C)=O)N1. The molecule has 0 aromatic carbocycles. The highest BCUT2D eigenvalue weighted by Crippen LogP contribution is 2.26. The van der Waals surface area contributed by atoms with E-state index in [1.807, 2.05) is 12.2 Å². The van der Waals surface area contributed by atoms with E-state index in [2.05, 4.69) is 25.7 Å². The van der Waals surface area contributed by atoms with E-state index in [-0.39, 0.29) is 5.78 Å². The fraction of sp³-hybridized carbons (Fsp3) is 0.400. The van der Waals surface area contributed by atoms with Crippen LogP contribution < -0.4 is 5.32 Å². The molecule has 0 unspecified atom stereocenters. The van der Waals surface area contributed by atoms with Gasteiger partial charge < -0.3 is 5.32 Å². The standard InChI is InChI=1S/C15H21NO/c1-5-7-8-14-11(3)9-15(16-14)13(6-2)10-12(4)17/h5,7-8,16H,1,6,9-10H2,2-4H3/b8-7-,15-13-. The Morgan fingerprint density at radius 1 is 1.53 bits per heavy atom. The van der Waals surface area contributed by atoms with Gasteiger partial charge in [-0.3, -0.25) is 4.79 Å². The third kappa shape index (κ3) is 3.74. The molecule has 2 nitrogen and oxygen atoms in total. The smallest absolute Gasteiger partial charge is 0.133 e. The largest absolute Gasteiger partial charge is 0.359 e. The Balaban J connectivity index is 2.85. The number of ketones is 1. The summed E-state index contributed by atoms with van der Waals surface area (Å²) in [5.41, 5.74) is 4.87. The van der Waals surface area contributed by atoms with Gasteiger partial charge in [0.15, 0.2) is 0 Å². The van der Waals surface area contributed by atoms with E-state index in [4.69, 9.17) is 0 Å². The molecule has 1 heterocycles. The number of carbonyl (C=O) groups excluding carboxylic acids is 1. The van der Waals surface area contributed by atoms with Gasteiger partial charge in [0, 0.05) is 24.2 Å². The number of hydrogen-bond acceptors (Lipinski definition) is 2. The maximum Gasteiger partial charge on any atom is 0.133 e. The van der Waals surface area contributed by atoms with Gasteiger partial charge in [0.25, 0.3) is 0 Å². The molecule has 0 radical (unpaired) electrons. The number of nitrogens with one attached hydrogen (secondary N) is 1. The fourth-order valence-electron chi connectivity index (χ4n) is 1.98. The van der Waals surface area contributed by atoms with Crippen molar-refractivity contribution in [1.82, 2.24) is 5.32 Å². The summed E-state index contributed by atoms with van der Waals surface area (Å²) >= 11 is 0. The summed E-state index contributed by atoms with van der Waals surface area (Å²) in [6.45, 7) is 9.52. The van der Waals surface area contributed by atoms with Crippen LogP contribution in [0.5, 0.6) is 0 Å². The summed E-state index contributed by atoms with van der Waals surface area (Å²) in [5, 5.41) is 3.40. The van der Waals surface area contributed by atoms with E-state index in [0.717, 1.165) is 18.5 Å². The number of rotatable bonds is 5. The van der Waals surface area contributed by atoms with Crippen molar-refractivity contribution in [3.8, 4) is 0 Å². The first-order valence-corrected chi connectivity index (χ1v) is 6.04. The molecule has 2 heteroatoms. The second-order valence-corrected chi connectivity index (χ2v) is 4.41. The van der Waals surface area contributed by atoms with Crippen LogP contribution >= 0.6 is 0 Å². The van der Waals surface area contributed by atoms with E-state index in [0.29, 0.717) is 6.42 Å². The summed E-state index contributed by atoms with van der Waals surface area (Å²) in [6.07, 6.45) is 8.12. The van der Waals surface area contributed by atoms with Crippen LogP contribution in [0.15, 0.2) is 47.3 Å². The van der Waals surface area contributed by atoms with Crippen molar-refractivity contribution >= 4 is 5.78 Å². The van der Waals surface area contributed by atoms with Crippen molar-refractivity contribution in [3.63, 3.8) is 0 Å². The number of Topliss-reactive ketones (excluding diaryl/α,β-unsaturated/α-hetero) is 1. The first-order chi connectivity index (χ1) is 8.08. The molecule has 0 amide bonds. The molecule has 0 aromatic rings. The molecule has 0 atom stereocenters. The zero-order chi connectivity index (χ0) is 12.8. The molecule has 0 fully saturated rings. The number of carbonyl (C=O) groups is 1. The van der Waals surface area contributed by atoms with Gasteiger partial charge in [0.2, 0.25) is 0 Å². The summed E-state index contributed by atoms with van der Waals surface area (Å²) in [5.74, 6) is 0.226. The van der Waals surface area contributed by atoms with Crippen molar-refractivity contribution in [1.29, 1.82) is 0 Å². The first-order valence-electron chi connectivity index (χ1n) is 6.04. The van der Waals surface area contributed by atoms with Gasteiger partial charge in [0.05, 0.1) is 0 Å². The van der Waals surface area contributed by atoms with Crippen molar-refractivity contribution in [2.24, 2.45) is 0 Å². The predicted molar refractivity (Wildman–Crippen MR) is 72.4 cm³/mol. The van der Waals surface area contributed by atoms with Gasteiger partial charge >= 0.3 is 0 Å². The van der Waals surface area contributed by atoms with Crippen molar-refractivity contribution < 1.29 is 4.79 Å². The van der Waals surface area contributed by atoms with Crippen molar-refractivity contribution in [2.45, 2.75) is 40.0 Å². The van der Waals surface area contributed by atoms with Gasteiger partial charge in [-0.25, -0.2) is 0 Å². The fourth-order valence-corrected chi connectivity index (χ4v) is 1.98. The van der Waals surface area contributed by atoms with Gasteiger partial charge in [-0.05, 0) is 37.5 Å². The monoisotopic (exact) mass is 231 g/mol. The molecule has 0 aromatic heterocycles. The van der Waals surface area contributed by atoms with Crippen LogP contribution in [0.2, 0.25) is 0 Å². The Morgan fingerprint density at radius 2 is 2.24 bits per heavy atom. The van der Waals surface area contributed by atoms with Crippen LogP contribution in [0, 0.1) is 0 Å². The second kappa shape index (κ2) is 6.24. The molecule has 1 aliphatic heterocycles. The van der Waals surface area contributed by atoms with Crippen LogP contribution in [0.3, 0.4) is 0 Å². The molecular weight excluding hydrogens is 210 g/mol. The maximum absolute atomic E-state index is 11.2. The molecule has 0 spiro atoms. The van der Waals surface area contributed by atoms with Gasteiger partial charge in [0.1, 0.15) is 5.78 Å². The lowest BCUT2D eigenvalue weighted by atomic mass is 10.0. The van der Waals surface area contributed by atoms with Crippen LogP contribution in [0.25, 0.3) is 0 Å². The minimum absolute atomic E-state index is 0.226. The quantitative estimate of drug-likeness (QED) is 0.732. The first kappa shape index (κ1) is 13.5. The average molecular weight is 231 g/mol. The Hall–Kier alpha value is -1.57. The topological polar surface area (TPSA) is 29.1 Å². The summed E-state index contributed by atoms with van der Waals surface area (Å²) in [4.78, 5) is 11.2. The molecule has 17 heavy (non-hydrogen) atoms. The zero-order valence-corrected chi connectivity index (χ0v) is 11.0. The third-order valence-electron chi connectivity index (χ3n) is 2.90. The molecule has 92 valence electrons. The Bertz CT molecular complexity index is 411. The van der Waals surface area contributed by atoms with Crippen LogP contribution in [-0.2, 0) is 4.79 Å². The highest BCUT2D eigenvalue weighted by molar-refractivity contribution is 5.78. The molecule has 0 aliphatic carbocycles. The minimum Gasteiger partial charge on any atom is -0.359 e. The highest BCUT2D eigenvalue weighted by Gasteiger charge is 2.16. The molecule has 0 bridgehead atoms. The Labute approximate surface area is 104 Å². The van der Waals surface area contributed by atoms with E-state index in [1.165, 1.54) is 16.8 Å². The minimum atomic E-state index is 0.226.